The van der Waals surface area contributed by atoms with Crippen LogP contribution < -0.4 is 15.5 Å². The number of benzene rings is 1. The second-order valence-electron chi connectivity index (χ2n) is 7.78. The van der Waals surface area contributed by atoms with Crippen LogP contribution in [-0.4, -0.2) is 54.0 Å². The monoisotopic (exact) mass is 446 g/mol. The van der Waals surface area contributed by atoms with Gasteiger partial charge in [-0.15, -0.1) is 0 Å². The summed E-state index contributed by atoms with van der Waals surface area (Å²) in [6.07, 6.45) is -4.33. The van der Waals surface area contributed by atoms with Crippen molar-refractivity contribution < 1.29 is 27.6 Å². The van der Waals surface area contributed by atoms with E-state index in [4.69, 9.17) is 11.6 Å². The standard InChI is InChI=1S/C19H22ClF3N4O3/c1-11-10-26(15(28)5-6-18(2)16(29)24-17(30)25-18)7-8-27(11)12-3-4-14(20)13(9-12)19(21,22)23/h3-4,9,11H,5-8,10H2,1-2H3,(H2,24,25,29,30)/t11-,18+/m0/s1. The molecule has 2 saturated heterocycles. The van der Waals surface area contributed by atoms with Crippen molar-refractivity contribution in [2.45, 2.75) is 44.4 Å². The van der Waals surface area contributed by atoms with Crippen molar-refractivity contribution in [3.8, 4) is 0 Å². The van der Waals surface area contributed by atoms with Gasteiger partial charge in [0.05, 0.1) is 10.6 Å². The summed E-state index contributed by atoms with van der Waals surface area (Å²) in [6, 6.07) is 2.99. The number of carbonyl (C=O) groups is 3. The summed E-state index contributed by atoms with van der Waals surface area (Å²) in [6.45, 7) is 4.41. The summed E-state index contributed by atoms with van der Waals surface area (Å²) in [5.41, 5.74) is -1.63. The van der Waals surface area contributed by atoms with Gasteiger partial charge in [0.25, 0.3) is 5.91 Å². The Morgan fingerprint density at radius 2 is 2.00 bits per heavy atom. The van der Waals surface area contributed by atoms with Crippen molar-refractivity contribution in [2.75, 3.05) is 24.5 Å². The van der Waals surface area contributed by atoms with Gasteiger partial charge in [0, 0.05) is 37.8 Å². The van der Waals surface area contributed by atoms with Gasteiger partial charge >= 0.3 is 12.2 Å². The topological polar surface area (TPSA) is 81.8 Å². The highest BCUT2D eigenvalue weighted by atomic mass is 35.5. The third kappa shape index (κ3) is 4.48. The first-order chi connectivity index (χ1) is 13.9. The molecule has 0 saturated carbocycles. The van der Waals surface area contributed by atoms with Crippen molar-refractivity contribution in [2.24, 2.45) is 0 Å². The predicted molar refractivity (Wildman–Crippen MR) is 104 cm³/mol. The molecule has 7 nitrogen and oxygen atoms in total. The summed E-state index contributed by atoms with van der Waals surface area (Å²) in [4.78, 5) is 39.2. The van der Waals surface area contributed by atoms with E-state index in [0.717, 1.165) is 6.07 Å². The maximum absolute atomic E-state index is 13.1. The Bertz CT molecular complexity index is 879. The minimum absolute atomic E-state index is 0.0656. The number of hydrogen-bond acceptors (Lipinski definition) is 4. The van der Waals surface area contributed by atoms with Gasteiger partial charge in [-0.2, -0.15) is 13.2 Å². The molecule has 2 aliphatic rings. The molecule has 0 unspecified atom stereocenters. The normalized spacial score (nSPS) is 24.7. The maximum Gasteiger partial charge on any atom is 0.417 e. The second-order valence-corrected chi connectivity index (χ2v) is 8.19. The molecule has 4 amide bonds. The lowest BCUT2D eigenvalue weighted by Gasteiger charge is -2.41. The second kappa shape index (κ2) is 7.98. The minimum atomic E-state index is -4.55. The molecule has 0 aliphatic carbocycles. The van der Waals surface area contributed by atoms with Gasteiger partial charge in [-0.1, -0.05) is 11.6 Å². The maximum atomic E-state index is 13.1. The average Bonchev–Trinajstić information content (AvgIpc) is 2.91. The molecular weight excluding hydrogens is 425 g/mol. The van der Waals surface area contributed by atoms with Gasteiger partial charge in [0.2, 0.25) is 5.91 Å². The predicted octanol–water partition coefficient (Wildman–Crippen LogP) is 2.77. The quantitative estimate of drug-likeness (QED) is 0.697. The van der Waals surface area contributed by atoms with Crippen LogP contribution in [0.15, 0.2) is 18.2 Å². The van der Waals surface area contributed by atoms with E-state index < -0.39 is 29.2 Å². The summed E-state index contributed by atoms with van der Waals surface area (Å²) in [5, 5.41) is 4.31. The number of nitrogens with one attached hydrogen (secondary N) is 2. The molecule has 0 bridgehead atoms. The van der Waals surface area contributed by atoms with E-state index >= 15 is 0 Å². The lowest BCUT2D eigenvalue weighted by atomic mass is 9.95. The smallest absolute Gasteiger partial charge is 0.365 e. The third-order valence-corrected chi connectivity index (χ3v) is 5.85. The van der Waals surface area contributed by atoms with Gasteiger partial charge in [-0.3, -0.25) is 14.9 Å². The number of anilines is 1. The van der Waals surface area contributed by atoms with E-state index in [9.17, 15) is 27.6 Å². The first kappa shape index (κ1) is 22.2. The molecule has 2 fully saturated rings. The fourth-order valence-corrected chi connectivity index (χ4v) is 3.97. The molecule has 1 aromatic carbocycles. The largest absolute Gasteiger partial charge is 0.417 e. The Labute approximate surface area is 176 Å². The summed E-state index contributed by atoms with van der Waals surface area (Å²) in [5.74, 6) is -0.648. The third-order valence-electron chi connectivity index (χ3n) is 5.52. The van der Waals surface area contributed by atoms with Crippen molar-refractivity contribution >= 4 is 35.1 Å². The molecular formula is C19H22ClF3N4O3. The van der Waals surface area contributed by atoms with Crippen LogP contribution in [0, 0.1) is 0 Å². The Hall–Kier alpha value is -2.49. The first-order valence-electron chi connectivity index (χ1n) is 9.45. The van der Waals surface area contributed by atoms with E-state index in [1.165, 1.54) is 12.1 Å². The highest BCUT2D eigenvalue weighted by Crippen LogP contribution is 2.37. The molecule has 2 N–H and O–H groups in total. The van der Waals surface area contributed by atoms with Crippen molar-refractivity contribution in [3.05, 3.63) is 28.8 Å². The lowest BCUT2D eigenvalue weighted by molar-refractivity contribution is -0.137. The summed E-state index contributed by atoms with van der Waals surface area (Å²) >= 11 is 5.69. The van der Waals surface area contributed by atoms with E-state index in [0.29, 0.717) is 25.3 Å². The van der Waals surface area contributed by atoms with Gasteiger partial charge < -0.3 is 15.1 Å². The van der Waals surface area contributed by atoms with Crippen LogP contribution in [0.2, 0.25) is 5.02 Å². The molecule has 3 rings (SSSR count). The highest BCUT2D eigenvalue weighted by Gasteiger charge is 2.42. The van der Waals surface area contributed by atoms with Crippen molar-refractivity contribution in [1.29, 1.82) is 0 Å². The molecule has 0 aromatic heterocycles. The molecule has 0 spiro atoms. The van der Waals surface area contributed by atoms with E-state index in [2.05, 4.69) is 10.6 Å². The van der Waals surface area contributed by atoms with Crippen LogP contribution in [0.3, 0.4) is 0 Å². The molecule has 30 heavy (non-hydrogen) atoms. The number of hydrogen-bond donors (Lipinski definition) is 2. The van der Waals surface area contributed by atoms with Crippen LogP contribution in [-0.2, 0) is 15.8 Å². The van der Waals surface area contributed by atoms with Gasteiger partial charge in [0.15, 0.2) is 0 Å². The fraction of sp³-hybridized carbons (Fsp3) is 0.526. The number of alkyl halides is 3. The number of urea groups is 1. The molecule has 2 heterocycles. The molecule has 2 atom stereocenters. The molecule has 164 valence electrons. The van der Waals surface area contributed by atoms with Crippen molar-refractivity contribution in [1.82, 2.24) is 15.5 Å². The van der Waals surface area contributed by atoms with Crippen LogP contribution in [0.5, 0.6) is 0 Å². The van der Waals surface area contributed by atoms with E-state index in [1.807, 2.05) is 6.92 Å². The number of halogens is 4. The number of carbonyl (C=O) groups excluding carboxylic acids is 3. The summed E-state index contributed by atoms with van der Waals surface area (Å²) in [7, 11) is 0. The summed E-state index contributed by atoms with van der Waals surface area (Å²) < 4.78 is 39.4. The van der Waals surface area contributed by atoms with Crippen LogP contribution in [0.1, 0.15) is 32.3 Å². The SMILES string of the molecule is C[C@H]1CN(C(=O)CC[C@@]2(C)NC(=O)NC2=O)CCN1c1ccc(Cl)c(C(F)(F)F)c1. The molecule has 0 radical (unpaired) electrons. The Morgan fingerprint density at radius 3 is 2.57 bits per heavy atom. The van der Waals surface area contributed by atoms with Gasteiger partial charge in [-0.05, 0) is 38.5 Å². The number of piperazine rings is 1. The average molecular weight is 447 g/mol. The fourth-order valence-electron chi connectivity index (χ4n) is 3.75. The van der Waals surface area contributed by atoms with Crippen molar-refractivity contribution in [3.63, 3.8) is 0 Å². The number of amides is 4. The van der Waals surface area contributed by atoms with Gasteiger partial charge in [-0.25, -0.2) is 4.79 Å². The zero-order chi connectivity index (χ0) is 22.3. The van der Waals surface area contributed by atoms with Crippen LogP contribution >= 0.6 is 11.6 Å². The number of rotatable bonds is 4. The Kier molecular flexibility index (Phi) is 5.90. The molecule has 1 aromatic rings. The Balaban J connectivity index is 1.62. The zero-order valence-electron chi connectivity index (χ0n) is 16.5. The first-order valence-corrected chi connectivity index (χ1v) is 9.83. The zero-order valence-corrected chi connectivity index (χ0v) is 17.2. The van der Waals surface area contributed by atoms with E-state index in [1.54, 1.807) is 16.7 Å². The number of imide groups is 1. The van der Waals surface area contributed by atoms with Crippen LogP contribution in [0.4, 0.5) is 23.7 Å². The number of nitrogens with zero attached hydrogens (tertiary/aromatic N) is 2. The Morgan fingerprint density at radius 1 is 1.30 bits per heavy atom. The van der Waals surface area contributed by atoms with Crippen LogP contribution in [0.25, 0.3) is 0 Å². The minimum Gasteiger partial charge on any atom is -0.365 e. The van der Waals surface area contributed by atoms with E-state index in [-0.39, 0.29) is 29.8 Å². The lowest BCUT2D eigenvalue weighted by Crippen LogP contribution is -2.54. The molecule has 11 heteroatoms. The molecule has 2 aliphatic heterocycles. The highest BCUT2D eigenvalue weighted by molar-refractivity contribution is 6.31. The van der Waals surface area contributed by atoms with Gasteiger partial charge in [0.1, 0.15) is 5.54 Å².